The Morgan fingerprint density at radius 1 is 1.03 bits per heavy atom. The van der Waals surface area contributed by atoms with E-state index in [-0.39, 0.29) is 5.91 Å². The molecule has 1 amide bonds. The number of benzene rings is 3. The van der Waals surface area contributed by atoms with Crippen LogP contribution in [0.25, 0.3) is 32.1 Å². The van der Waals surface area contributed by atoms with Crippen LogP contribution in [0.5, 0.6) is 0 Å². The topological polar surface area (TPSA) is 70.2 Å². The van der Waals surface area contributed by atoms with Crippen molar-refractivity contribution in [3.8, 4) is 11.1 Å². The van der Waals surface area contributed by atoms with Gasteiger partial charge in [0, 0.05) is 53.5 Å². The summed E-state index contributed by atoms with van der Waals surface area (Å²) in [6, 6.07) is 22.7. The molecule has 7 heteroatoms. The Morgan fingerprint density at radius 2 is 1.89 bits per heavy atom. The summed E-state index contributed by atoms with van der Waals surface area (Å²) < 4.78 is 1.06. The summed E-state index contributed by atoms with van der Waals surface area (Å²) in [7, 11) is 0. The number of amides is 1. The maximum atomic E-state index is 13.0. The van der Waals surface area contributed by atoms with E-state index in [0.29, 0.717) is 5.95 Å². The Labute approximate surface area is 207 Å². The van der Waals surface area contributed by atoms with Gasteiger partial charge in [-0.25, -0.2) is 9.97 Å². The first-order chi connectivity index (χ1) is 17.2. The summed E-state index contributed by atoms with van der Waals surface area (Å²) in [5.41, 5.74) is 5.36. The van der Waals surface area contributed by atoms with Gasteiger partial charge in [-0.3, -0.25) is 4.79 Å². The molecule has 5 aromatic rings. The zero-order valence-corrected chi connectivity index (χ0v) is 20.2. The van der Waals surface area contributed by atoms with Gasteiger partial charge in [-0.2, -0.15) is 0 Å². The van der Waals surface area contributed by atoms with Crippen molar-refractivity contribution in [1.82, 2.24) is 20.2 Å². The zero-order chi connectivity index (χ0) is 23.8. The van der Waals surface area contributed by atoms with Gasteiger partial charge in [0.15, 0.2) is 0 Å². The number of aromatic nitrogens is 2. The quantitative estimate of drug-likeness (QED) is 0.351. The number of piperazine rings is 1. The van der Waals surface area contributed by atoms with Gasteiger partial charge in [0.25, 0.3) is 5.91 Å². The number of carbonyl (C=O) groups excluding carboxylic acids is 1. The standard InChI is InChI=1S/C28H25N5OS/c1-18-5-2-3-8-22(18)19-6-4-7-21(15-19)31-28-30-17-20-9-10-24-23(26(20)32-28)16-25(35-24)27(34)33-13-11-29-12-14-33/h2-10,15-17,29H,11-14H2,1H3,(H,30,31,32). The second-order valence-corrected chi connectivity index (χ2v) is 9.87. The zero-order valence-electron chi connectivity index (χ0n) is 19.4. The number of nitrogens with zero attached hydrogens (tertiary/aromatic N) is 3. The van der Waals surface area contributed by atoms with Crippen LogP contribution < -0.4 is 10.6 Å². The highest BCUT2D eigenvalue weighted by Gasteiger charge is 2.21. The molecular formula is C28H25N5OS. The summed E-state index contributed by atoms with van der Waals surface area (Å²) in [5, 5.41) is 8.61. The van der Waals surface area contributed by atoms with Crippen LogP contribution in [0.2, 0.25) is 0 Å². The summed E-state index contributed by atoms with van der Waals surface area (Å²) in [5.74, 6) is 0.634. The molecule has 1 aliphatic heterocycles. The summed E-state index contributed by atoms with van der Waals surface area (Å²) >= 11 is 1.53. The molecule has 1 aliphatic rings. The lowest BCUT2D eigenvalue weighted by Gasteiger charge is -2.26. The van der Waals surface area contributed by atoms with Crippen LogP contribution in [0.1, 0.15) is 15.2 Å². The first-order valence-electron chi connectivity index (χ1n) is 11.8. The van der Waals surface area contributed by atoms with E-state index in [2.05, 4.69) is 65.0 Å². The molecular weight excluding hydrogens is 454 g/mol. The molecule has 6 rings (SSSR count). The minimum Gasteiger partial charge on any atom is -0.335 e. The SMILES string of the molecule is Cc1ccccc1-c1cccc(Nc2ncc3ccc4sc(C(=O)N5CCNCC5)cc4c3n2)c1. The molecule has 0 saturated carbocycles. The molecule has 0 aliphatic carbocycles. The minimum atomic E-state index is 0.0984. The van der Waals surface area contributed by atoms with Gasteiger partial charge < -0.3 is 15.5 Å². The lowest BCUT2D eigenvalue weighted by atomic mass is 10.0. The maximum Gasteiger partial charge on any atom is 0.264 e. The fourth-order valence-corrected chi connectivity index (χ4v) is 5.62. The van der Waals surface area contributed by atoms with Gasteiger partial charge in [-0.1, -0.05) is 36.4 Å². The summed E-state index contributed by atoms with van der Waals surface area (Å²) in [4.78, 5) is 25.1. The lowest BCUT2D eigenvalue weighted by molar-refractivity contribution is 0.0741. The van der Waals surface area contributed by atoms with Gasteiger partial charge in [0.2, 0.25) is 5.95 Å². The Hall–Kier alpha value is -3.81. The number of aryl methyl sites for hydroxylation is 1. The van der Waals surface area contributed by atoms with Gasteiger partial charge >= 0.3 is 0 Å². The molecule has 3 aromatic carbocycles. The normalized spacial score (nSPS) is 13.9. The Kier molecular flexibility index (Phi) is 5.64. The van der Waals surface area contributed by atoms with Gasteiger partial charge in [-0.15, -0.1) is 11.3 Å². The molecule has 1 fully saturated rings. The molecule has 0 radical (unpaired) electrons. The first-order valence-corrected chi connectivity index (χ1v) is 12.6. The molecule has 2 N–H and O–H groups in total. The monoisotopic (exact) mass is 479 g/mol. The predicted octanol–water partition coefficient (Wildman–Crippen LogP) is 5.61. The first kappa shape index (κ1) is 21.7. The van der Waals surface area contributed by atoms with E-state index in [4.69, 9.17) is 4.98 Å². The van der Waals surface area contributed by atoms with Crippen molar-refractivity contribution < 1.29 is 4.79 Å². The molecule has 0 atom stereocenters. The third-order valence-corrected chi connectivity index (χ3v) is 7.53. The van der Waals surface area contributed by atoms with Crippen molar-refractivity contribution in [2.45, 2.75) is 6.92 Å². The molecule has 174 valence electrons. The smallest absolute Gasteiger partial charge is 0.264 e. The molecule has 0 spiro atoms. The Balaban J connectivity index is 1.33. The van der Waals surface area contributed by atoms with Crippen LogP contribution in [-0.2, 0) is 0 Å². The number of hydrogen-bond donors (Lipinski definition) is 2. The molecule has 6 nitrogen and oxygen atoms in total. The van der Waals surface area contributed by atoms with E-state index in [1.165, 1.54) is 22.5 Å². The molecule has 3 heterocycles. The second-order valence-electron chi connectivity index (χ2n) is 8.78. The van der Waals surface area contributed by atoms with Gasteiger partial charge in [-0.05, 0) is 53.9 Å². The van der Waals surface area contributed by atoms with E-state index >= 15 is 0 Å². The van der Waals surface area contributed by atoms with Crippen molar-refractivity contribution in [3.05, 3.63) is 83.4 Å². The third-order valence-electron chi connectivity index (χ3n) is 6.44. The lowest BCUT2D eigenvalue weighted by Crippen LogP contribution is -2.46. The second kappa shape index (κ2) is 9.09. The fourth-order valence-electron chi connectivity index (χ4n) is 4.59. The molecule has 1 saturated heterocycles. The number of hydrogen-bond acceptors (Lipinski definition) is 6. The number of fused-ring (bicyclic) bond motifs is 3. The van der Waals surface area contributed by atoms with E-state index in [9.17, 15) is 4.79 Å². The van der Waals surface area contributed by atoms with Crippen LogP contribution in [-0.4, -0.2) is 47.0 Å². The van der Waals surface area contributed by atoms with Crippen LogP contribution in [0, 0.1) is 6.92 Å². The molecule has 0 bridgehead atoms. The average Bonchev–Trinajstić information content (AvgIpc) is 3.34. The Morgan fingerprint density at radius 3 is 2.74 bits per heavy atom. The highest BCUT2D eigenvalue weighted by molar-refractivity contribution is 7.21. The van der Waals surface area contributed by atoms with Crippen LogP contribution in [0.3, 0.4) is 0 Å². The highest BCUT2D eigenvalue weighted by Crippen LogP contribution is 2.33. The largest absolute Gasteiger partial charge is 0.335 e. The fraction of sp³-hybridized carbons (Fsp3) is 0.179. The number of carbonyl (C=O) groups is 1. The number of rotatable bonds is 4. The average molecular weight is 480 g/mol. The van der Waals surface area contributed by atoms with Crippen molar-refractivity contribution >= 4 is 49.9 Å². The van der Waals surface area contributed by atoms with Crippen LogP contribution in [0.4, 0.5) is 11.6 Å². The Bertz CT molecular complexity index is 1550. The number of anilines is 2. The molecule has 0 unspecified atom stereocenters. The number of nitrogens with one attached hydrogen (secondary N) is 2. The number of thiophene rings is 1. The maximum absolute atomic E-state index is 13.0. The van der Waals surface area contributed by atoms with Crippen molar-refractivity contribution in [3.63, 3.8) is 0 Å². The summed E-state index contributed by atoms with van der Waals surface area (Å²) in [6.07, 6.45) is 1.84. The van der Waals surface area contributed by atoms with E-state index in [1.807, 2.05) is 35.4 Å². The van der Waals surface area contributed by atoms with Crippen molar-refractivity contribution in [2.75, 3.05) is 31.5 Å². The minimum absolute atomic E-state index is 0.0984. The molecule has 2 aromatic heterocycles. The van der Waals surface area contributed by atoms with Crippen LogP contribution in [0.15, 0.2) is 72.9 Å². The van der Waals surface area contributed by atoms with Crippen molar-refractivity contribution in [2.24, 2.45) is 0 Å². The van der Waals surface area contributed by atoms with Gasteiger partial charge in [0.05, 0.1) is 10.4 Å². The molecule has 35 heavy (non-hydrogen) atoms. The highest BCUT2D eigenvalue weighted by atomic mass is 32.1. The van der Waals surface area contributed by atoms with E-state index in [0.717, 1.165) is 63.3 Å². The van der Waals surface area contributed by atoms with Crippen molar-refractivity contribution in [1.29, 1.82) is 0 Å². The van der Waals surface area contributed by atoms with E-state index < -0.39 is 0 Å². The summed E-state index contributed by atoms with van der Waals surface area (Å²) in [6.45, 7) is 5.28. The van der Waals surface area contributed by atoms with E-state index in [1.54, 1.807) is 0 Å². The predicted molar refractivity (Wildman–Crippen MR) is 144 cm³/mol. The third kappa shape index (κ3) is 4.24. The van der Waals surface area contributed by atoms with Gasteiger partial charge in [0.1, 0.15) is 0 Å². The van der Waals surface area contributed by atoms with Crippen LogP contribution >= 0.6 is 11.3 Å².